The third-order valence-electron chi connectivity index (χ3n) is 6.27. The zero-order valence-electron chi connectivity index (χ0n) is 19.3. The van der Waals surface area contributed by atoms with Crippen molar-refractivity contribution in [2.75, 3.05) is 38.1 Å². The topological polar surface area (TPSA) is 143 Å². The largest absolute Gasteiger partial charge is 0.493 e. The van der Waals surface area contributed by atoms with Crippen LogP contribution in [0.1, 0.15) is 11.1 Å². The summed E-state index contributed by atoms with van der Waals surface area (Å²) in [7, 11) is 2.06. The fourth-order valence-corrected chi connectivity index (χ4v) is 4.29. The predicted octanol–water partition coefficient (Wildman–Crippen LogP) is 1.21. The Bertz CT molecular complexity index is 1620. The molecule has 0 radical (unpaired) electrons. The van der Waals surface area contributed by atoms with Crippen molar-refractivity contribution in [2.24, 2.45) is 4.99 Å². The molecule has 0 bridgehead atoms. The van der Waals surface area contributed by atoms with Crippen molar-refractivity contribution in [3.63, 3.8) is 0 Å². The molecule has 0 unspecified atom stereocenters. The summed E-state index contributed by atoms with van der Waals surface area (Å²) in [4.78, 5) is 53.7. The van der Waals surface area contributed by atoms with Gasteiger partial charge in [-0.15, -0.1) is 0 Å². The number of para-hydroxylation sites is 1. The van der Waals surface area contributed by atoms with Gasteiger partial charge in [0.05, 0.1) is 28.1 Å². The third-order valence-corrected chi connectivity index (χ3v) is 6.27. The fourth-order valence-electron chi connectivity index (χ4n) is 4.29. The van der Waals surface area contributed by atoms with Crippen molar-refractivity contribution < 1.29 is 5.11 Å². The molecule has 0 aliphatic carbocycles. The van der Waals surface area contributed by atoms with Crippen molar-refractivity contribution in [3.8, 4) is 11.6 Å². The van der Waals surface area contributed by atoms with Gasteiger partial charge in [0.15, 0.2) is 0 Å². The second-order valence-electron chi connectivity index (χ2n) is 8.63. The van der Waals surface area contributed by atoms with Crippen LogP contribution in [0, 0.1) is 6.92 Å². The normalized spacial score (nSPS) is 14.9. The Hall–Kier alpha value is -4.38. The van der Waals surface area contributed by atoms with Gasteiger partial charge in [0.25, 0.3) is 5.56 Å². The van der Waals surface area contributed by atoms with Crippen LogP contribution < -0.4 is 21.8 Å². The molecule has 3 heterocycles. The number of likely N-dealkylation sites (N-methyl/N-ethyl adjacent to an activating group) is 1. The lowest BCUT2D eigenvalue weighted by Gasteiger charge is -2.34. The van der Waals surface area contributed by atoms with Gasteiger partial charge in [-0.1, -0.05) is 18.2 Å². The molecule has 1 aliphatic rings. The molecule has 11 heteroatoms. The Labute approximate surface area is 199 Å². The van der Waals surface area contributed by atoms with Crippen molar-refractivity contribution in [1.82, 2.24) is 24.4 Å². The van der Waals surface area contributed by atoms with E-state index in [1.165, 1.54) is 6.21 Å². The Morgan fingerprint density at radius 3 is 2.34 bits per heavy atom. The van der Waals surface area contributed by atoms with E-state index in [-0.39, 0.29) is 11.3 Å². The van der Waals surface area contributed by atoms with Crippen LogP contribution in [-0.2, 0) is 0 Å². The smallest absolute Gasteiger partial charge is 0.335 e. The summed E-state index contributed by atoms with van der Waals surface area (Å²) in [6, 6.07) is 10.6. The molecule has 1 fully saturated rings. The van der Waals surface area contributed by atoms with Crippen LogP contribution in [0.15, 0.2) is 55.8 Å². The van der Waals surface area contributed by atoms with E-state index in [9.17, 15) is 19.5 Å². The molecule has 0 spiro atoms. The molecule has 2 aromatic carbocycles. The summed E-state index contributed by atoms with van der Waals surface area (Å²) in [5.41, 5.74) is 1.75. The highest BCUT2D eigenvalue weighted by Crippen LogP contribution is 2.33. The number of aromatic hydroxyl groups is 1. The molecule has 0 amide bonds. The zero-order chi connectivity index (χ0) is 24.7. The molecule has 4 aromatic rings. The minimum absolute atomic E-state index is 0.153. The van der Waals surface area contributed by atoms with E-state index in [4.69, 9.17) is 0 Å². The van der Waals surface area contributed by atoms with Gasteiger partial charge < -0.3 is 24.9 Å². The van der Waals surface area contributed by atoms with E-state index in [1.807, 2.05) is 12.1 Å². The quantitative estimate of drug-likeness (QED) is 0.327. The van der Waals surface area contributed by atoms with Gasteiger partial charge in [0, 0.05) is 32.4 Å². The molecule has 4 N–H and O–H groups in total. The standard InChI is InChI=1S/C24H25N7O4/c1-14-5-3-4-6-19(14)31-22(33)15(21(32)28-24(31)35)13-25-18-11-16-17(27-23(34)26-16)12-20(18)30-9-7-29(2)8-10-30/h3-6,11-13,33H,7-10H2,1-2H3,(H2,26,27,34)(H,28,32,35). The number of H-pyrrole nitrogens is 3. The first kappa shape index (κ1) is 22.4. The maximum Gasteiger partial charge on any atom is 0.335 e. The number of aryl methyl sites for hydroxylation is 1. The van der Waals surface area contributed by atoms with Crippen LogP contribution in [0.25, 0.3) is 16.7 Å². The Morgan fingerprint density at radius 1 is 0.943 bits per heavy atom. The lowest BCUT2D eigenvalue weighted by molar-refractivity contribution is 0.313. The second-order valence-corrected chi connectivity index (χ2v) is 8.63. The molecule has 1 saturated heterocycles. The summed E-state index contributed by atoms with van der Waals surface area (Å²) < 4.78 is 1.05. The minimum atomic E-state index is -0.752. The SMILES string of the molecule is Cc1ccccc1-n1c(O)c(C=Nc2cc3[nH]c(=O)[nH]c3cc2N2CCN(C)CC2)c(=O)[nH]c1=O. The molecule has 0 saturated carbocycles. The first-order valence-electron chi connectivity index (χ1n) is 11.2. The number of aliphatic imine (C=N–C) groups is 1. The minimum Gasteiger partial charge on any atom is -0.493 e. The number of nitrogens with zero attached hydrogens (tertiary/aromatic N) is 4. The van der Waals surface area contributed by atoms with Crippen molar-refractivity contribution in [3.05, 3.63) is 78.8 Å². The van der Waals surface area contributed by atoms with Crippen LogP contribution in [-0.4, -0.2) is 69.0 Å². The number of hydrogen-bond acceptors (Lipinski definition) is 7. The van der Waals surface area contributed by atoms with Crippen LogP contribution in [0.2, 0.25) is 0 Å². The van der Waals surface area contributed by atoms with Crippen LogP contribution >= 0.6 is 0 Å². The van der Waals surface area contributed by atoms with Gasteiger partial charge >= 0.3 is 11.4 Å². The highest BCUT2D eigenvalue weighted by Gasteiger charge is 2.19. The van der Waals surface area contributed by atoms with Crippen LogP contribution in [0.3, 0.4) is 0 Å². The number of benzene rings is 2. The van der Waals surface area contributed by atoms with Crippen LogP contribution in [0.4, 0.5) is 11.4 Å². The van der Waals surface area contributed by atoms with Crippen molar-refractivity contribution >= 4 is 28.6 Å². The van der Waals surface area contributed by atoms with Gasteiger partial charge in [0.1, 0.15) is 5.56 Å². The molecular formula is C24H25N7O4. The van der Waals surface area contributed by atoms with Gasteiger partial charge in [0.2, 0.25) is 5.88 Å². The van der Waals surface area contributed by atoms with E-state index in [0.29, 0.717) is 22.4 Å². The first-order chi connectivity index (χ1) is 16.8. The number of rotatable bonds is 4. The van der Waals surface area contributed by atoms with Gasteiger partial charge in [-0.3, -0.25) is 14.8 Å². The number of aromatic amines is 3. The molecule has 35 heavy (non-hydrogen) atoms. The zero-order valence-corrected chi connectivity index (χ0v) is 19.3. The molecule has 0 atom stereocenters. The third kappa shape index (κ3) is 4.17. The molecule has 1 aliphatic heterocycles. The fraction of sp³-hybridized carbons (Fsp3) is 0.250. The van der Waals surface area contributed by atoms with Gasteiger partial charge in [-0.25, -0.2) is 14.2 Å². The van der Waals surface area contributed by atoms with Gasteiger partial charge in [-0.05, 0) is 37.7 Å². The Balaban J connectivity index is 1.63. The van der Waals surface area contributed by atoms with Crippen molar-refractivity contribution in [1.29, 1.82) is 0 Å². The monoisotopic (exact) mass is 475 g/mol. The average molecular weight is 476 g/mol. The lowest BCUT2D eigenvalue weighted by Crippen LogP contribution is -2.44. The van der Waals surface area contributed by atoms with E-state index in [2.05, 4.69) is 36.8 Å². The molecule has 180 valence electrons. The summed E-state index contributed by atoms with van der Waals surface area (Å²) in [5.74, 6) is -0.505. The highest BCUT2D eigenvalue weighted by molar-refractivity contribution is 5.91. The number of imidazole rings is 1. The van der Waals surface area contributed by atoms with Crippen LogP contribution in [0.5, 0.6) is 5.88 Å². The lowest BCUT2D eigenvalue weighted by atomic mass is 10.2. The number of fused-ring (bicyclic) bond motifs is 1. The van der Waals surface area contributed by atoms with E-state index < -0.39 is 17.1 Å². The summed E-state index contributed by atoms with van der Waals surface area (Å²) >= 11 is 0. The number of hydrogen-bond donors (Lipinski definition) is 4. The van der Waals surface area contributed by atoms with E-state index in [1.54, 1.807) is 31.2 Å². The number of aromatic nitrogens is 4. The van der Waals surface area contributed by atoms with E-state index in [0.717, 1.165) is 42.0 Å². The first-order valence-corrected chi connectivity index (χ1v) is 11.2. The summed E-state index contributed by atoms with van der Waals surface area (Å²) in [6.07, 6.45) is 1.24. The molecule has 5 rings (SSSR count). The summed E-state index contributed by atoms with van der Waals surface area (Å²) in [6.45, 7) is 5.07. The molecular weight excluding hydrogens is 450 g/mol. The maximum absolute atomic E-state index is 12.6. The Morgan fingerprint density at radius 2 is 1.63 bits per heavy atom. The molecule has 2 aromatic heterocycles. The Kier molecular flexibility index (Phi) is 5.61. The second kappa shape index (κ2) is 8.76. The van der Waals surface area contributed by atoms with Gasteiger partial charge in [-0.2, -0.15) is 0 Å². The number of anilines is 1. The maximum atomic E-state index is 12.6. The predicted molar refractivity (Wildman–Crippen MR) is 135 cm³/mol. The van der Waals surface area contributed by atoms with E-state index >= 15 is 0 Å². The number of piperazine rings is 1. The number of nitrogens with one attached hydrogen (secondary N) is 3. The average Bonchev–Trinajstić information content (AvgIpc) is 3.19. The summed E-state index contributed by atoms with van der Waals surface area (Å²) in [5, 5.41) is 10.9. The highest BCUT2D eigenvalue weighted by atomic mass is 16.3. The van der Waals surface area contributed by atoms with Crippen molar-refractivity contribution in [2.45, 2.75) is 6.92 Å². The molecule has 11 nitrogen and oxygen atoms in total.